The van der Waals surface area contributed by atoms with Crippen molar-refractivity contribution < 1.29 is 9.21 Å². The highest BCUT2D eigenvalue weighted by Gasteiger charge is 2.19. The lowest BCUT2D eigenvalue weighted by atomic mass is 10.1. The third-order valence-electron chi connectivity index (χ3n) is 3.83. The van der Waals surface area contributed by atoms with Crippen LogP contribution in [0.2, 0.25) is 0 Å². The third-order valence-corrected chi connectivity index (χ3v) is 5.62. The van der Waals surface area contributed by atoms with E-state index < -0.39 is 0 Å². The van der Waals surface area contributed by atoms with Gasteiger partial charge >= 0.3 is 0 Å². The topological polar surface area (TPSA) is 68.0 Å². The molecular formula is C19H15N3O2S2. The molecule has 0 saturated carbocycles. The number of anilines is 1. The van der Waals surface area contributed by atoms with Crippen molar-refractivity contribution in [3.63, 3.8) is 0 Å². The van der Waals surface area contributed by atoms with Crippen LogP contribution in [0.25, 0.3) is 21.5 Å². The van der Waals surface area contributed by atoms with E-state index in [2.05, 4.69) is 15.5 Å². The molecule has 1 atom stereocenters. The molecule has 0 saturated heterocycles. The number of amides is 1. The molecule has 2 aromatic heterocycles. The minimum atomic E-state index is -0.370. The van der Waals surface area contributed by atoms with Crippen molar-refractivity contribution >= 4 is 45.5 Å². The Morgan fingerprint density at radius 1 is 1.12 bits per heavy atom. The molecule has 0 spiro atoms. The Balaban J connectivity index is 1.46. The summed E-state index contributed by atoms with van der Waals surface area (Å²) in [6.07, 6.45) is 0. The van der Waals surface area contributed by atoms with E-state index in [0.29, 0.717) is 11.1 Å². The van der Waals surface area contributed by atoms with Crippen molar-refractivity contribution in [3.05, 3.63) is 60.0 Å². The molecule has 4 rings (SSSR count). The van der Waals surface area contributed by atoms with E-state index in [1.54, 1.807) is 0 Å². The molecule has 130 valence electrons. The fourth-order valence-corrected chi connectivity index (χ4v) is 3.86. The second kappa shape index (κ2) is 7.31. The summed E-state index contributed by atoms with van der Waals surface area (Å²) in [5.41, 5.74) is 0.797. The van der Waals surface area contributed by atoms with Crippen LogP contribution in [0.3, 0.4) is 0 Å². The zero-order valence-corrected chi connectivity index (χ0v) is 15.5. The molecule has 7 heteroatoms. The number of fused-ring (bicyclic) bond motifs is 1. The van der Waals surface area contributed by atoms with Crippen LogP contribution in [0.15, 0.2) is 69.6 Å². The Labute approximate surface area is 158 Å². The van der Waals surface area contributed by atoms with Gasteiger partial charge < -0.3 is 9.73 Å². The summed E-state index contributed by atoms with van der Waals surface area (Å²) in [4.78, 5) is 13.5. The summed E-state index contributed by atoms with van der Waals surface area (Å²) in [6, 6.07) is 17.7. The van der Waals surface area contributed by atoms with Gasteiger partial charge in [0.25, 0.3) is 11.1 Å². The van der Waals surface area contributed by atoms with E-state index in [9.17, 15) is 4.79 Å². The van der Waals surface area contributed by atoms with Gasteiger partial charge in [0.05, 0.1) is 10.1 Å². The molecule has 0 radical (unpaired) electrons. The number of benzene rings is 2. The van der Waals surface area contributed by atoms with E-state index in [4.69, 9.17) is 4.42 Å². The second-order valence-electron chi connectivity index (χ2n) is 5.63. The maximum absolute atomic E-state index is 12.6. The number of thiophene rings is 1. The largest absolute Gasteiger partial charge is 0.410 e. The zero-order chi connectivity index (χ0) is 17.9. The molecule has 26 heavy (non-hydrogen) atoms. The molecule has 0 aliphatic carbocycles. The molecule has 5 nitrogen and oxygen atoms in total. The van der Waals surface area contributed by atoms with Gasteiger partial charge in [0.2, 0.25) is 5.91 Å². The van der Waals surface area contributed by atoms with Gasteiger partial charge in [-0.15, -0.1) is 21.5 Å². The van der Waals surface area contributed by atoms with Gasteiger partial charge in [0.1, 0.15) is 0 Å². The highest BCUT2D eigenvalue weighted by molar-refractivity contribution is 8.00. The van der Waals surface area contributed by atoms with Crippen LogP contribution in [0.5, 0.6) is 0 Å². The highest BCUT2D eigenvalue weighted by atomic mass is 32.2. The number of aromatic nitrogens is 2. The lowest BCUT2D eigenvalue weighted by Crippen LogP contribution is -2.22. The monoisotopic (exact) mass is 381 g/mol. The molecule has 1 N–H and O–H groups in total. The first-order valence-corrected chi connectivity index (χ1v) is 9.79. The van der Waals surface area contributed by atoms with Crippen LogP contribution in [0, 0.1) is 0 Å². The highest BCUT2D eigenvalue weighted by Crippen LogP contribution is 2.29. The van der Waals surface area contributed by atoms with Crippen molar-refractivity contribution in [1.29, 1.82) is 0 Å². The Hall–Kier alpha value is -2.64. The van der Waals surface area contributed by atoms with E-state index in [1.807, 2.05) is 66.9 Å². The number of rotatable bonds is 5. The number of nitrogens with one attached hydrogen (secondary N) is 1. The minimum absolute atomic E-state index is 0.109. The van der Waals surface area contributed by atoms with Crippen molar-refractivity contribution in [3.8, 4) is 10.8 Å². The van der Waals surface area contributed by atoms with Gasteiger partial charge in [-0.2, -0.15) is 0 Å². The lowest BCUT2D eigenvalue weighted by Gasteiger charge is -2.12. The SMILES string of the molecule is CC(Sc1nnc(-c2cccs2)o1)C(=O)Nc1cccc2ccccc12. The van der Waals surface area contributed by atoms with Gasteiger partial charge in [-0.1, -0.05) is 54.2 Å². The van der Waals surface area contributed by atoms with Gasteiger partial charge in [0.15, 0.2) is 0 Å². The Morgan fingerprint density at radius 2 is 1.96 bits per heavy atom. The van der Waals surface area contributed by atoms with Crippen molar-refractivity contribution in [2.24, 2.45) is 0 Å². The van der Waals surface area contributed by atoms with E-state index in [0.717, 1.165) is 21.3 Å². The molecule has 1 unspecified atom stereocenters. The van der Waals surface area contributed by atoms with E-state index >= 15 is 0 Å². The summed E-state index contributed by atoms with van der Waals surface area (Å²) in [6.45, 7) is 1.82. The summed E-state index contributed by atoms with van der Waals surface area (Å²) >= 11 is 2.78. The number of carbonyl (C=O) groups excluding carboxylic acids is 1. The molecule has 1 amide bonds. The average Bonchev–Trinajstić information content (AvgIpc) is 3.33. The van der Waals surface area contributed by atoms with E-state index in [1.165, 1.54) is 23.1 Å². The number of nitrogens with zero attached hydrogens (tertiary/aromatic N) is 2. The van der Waals surface area contributed by atoms with Crippen molar-refractivity contribution in [2.45, 2.75) is 17.4 Å². The quantitative estimate of drug-likeness (QED) is 0.489. The van der Waals surface area contributed by atoms with Crippen LogP contribution in [0.4, 0.5) is 5.69 Å². The lowest BCUT2D eigenvalue weighted by molar-refractivity contribution is -0.115. The molecule has 0 fully saturated rings. The minimum Gasteiger partial charge on any atom is -0.410 e. The second-order valence-corrected chi connectivity index (χ2v) is 7.87. The van der Waals surface area contributed by atoms with Crippen LogP contribution >= 0.6 is 23.1 Å². The number of hydrogen-bond donors (Lipinski definition) is 1. The molecule has 0 aliphatic heterocycles. The molecule has 2 heterocycles. The molecule has 4 aromatic rings. The number of hydrogen-bond acceptors (Lipinski definition) is 6. The van der Waals surface area contributed by atoms with Crippen LogP contribution in [-0.4, -0.2) is 21.4 Å². The first kappa shape index (κ1) is 16.8. The first-order chi connectivity index (χ1) is 12.7. The summed E-state index contributed by atoms with van der Waals surface area (Å²) in [5.74, 6) is 0.367. The number of thioether (sulfide) groups is 1. The van der Waals surface area contributed by atoms with Gasteiger partial charge in [0, 0.05) is 11.1 Å². The average molecular weight is 381 g/mol. The molecule has 2 aromatic carbocycles. The Morgan fingerprint density at radius 3 is 2.81 bits per heavy atom. The maximum atomic E-state index is 12.6. The Bertz CT molecular complexity index is 1040. The molecule has 0 aliphatic rings. The predicted octanol–water partition coefficient (Wildman–Crippen LogP) is 5.07. The van der Waals surface area contributed by atoms with Crippen molar-refractivity contribution in [2.75, 3.05) is 5.32 Å². The van der Waals surface area contributed by atoms with Crippen molar-refractivity contribution in [1.82, 2.24) is 10.2 Å². The summed E-state index contributed by atoms with van der Waals surface area (Å²) in [5, 5.41) is 15.1. The maximum Gasteiger partial charge on any atom is 0.277 e. The summed E-state index contributed by atoms with van der Waals surface area (Å²) < 4.78 is 5.64. The smallest absolute Gasteiger partial charge is 0.277 e. The summed E-state index contributed by atoms with van der Waals surface area (Å²) in [7, 11) is 0. The molecule has 0 bridgehead atoms. The first-order valence-electron chi connectivity index (χ1n) is 8.03. The number of carbonyl (C=O) groups is 1. The molecular weight excluding hydrogens is 366 g/mol. The standard InChI is InChI=1S/C19H15N3O2S2/c1-12(26-19-22-21-18(24-19)16-10-5-11-25-16)17(23)20-15-9-4-7-13-6-2-3-8-14(13)15/h2-12H,1H3,(H,20,23). The normalized spacial score (nSPS) is 12.2. The van der Waals surface area contributed by atoms with Crippen LogP contribution in [0.1, 0.15) is 6.92 Å². The predicted molar refractivity (Wildman–Crippen MR) is 106 cm³/mol. The van der Waals surface area contributed by atoms with Crippen LogP contribution < -0.4 is 5.32 Å². The van der Waals surface area contributed by atoms with Gasteiger partial charge in [-0.3, -0.25) is 4.79 Å². The van der Waals surface area contributed by atoms with E-state index in [-0.39, 0.29) is 11.2 Å². The zero-order valence-electron chi connectivity index (χ0n) is 13.9. The fourth-order valence-electron chi connectivity index (χ4n) is 2.53. The third kappa shape index (κ3) is 3.49. The fraction of sp³-hybridized carbons (Fsp3) is 0.105. The van der Waals surface area contributed by atoms with Gasteiger partial charge in [-0.05, 0) is 29.8 Å². The van der Waals surface area contributed by atoms with Gasteiger partial charge in [-0.25, -0.2) is 0 Å². The Kier molecular flexibility index (Phi) is 4.73. The van der Waals surface area contributed by atoms with Crippen LogP contribution in [-0.2, 0) is 4.79 Å².